The predicted molar refractivity (Wildman–Crippen MR) is 118 cm³/mol. The molecule has 1 atom stereocenters. The molecule has 8 heteroatoms. The summed E-state index contributed by atoms with van der Waals surface area (Å²) < 4.78 is 5.42. The number of nitrogens with zero attached hydrogens (tertiary/aromatic N) is 3. The fourth-order valence-electron chi connectivity index (χ4n) is 3.65. The fourth-order valence-corrected chi connectivity index (χ4v) is 4.14. The van der Waals surface area contributed by atoms with Crippen molar-refractivity contribution in [3.05, 3.63) is 64.0 Å². The zero-order chi connectivity index (χ0) is 21.1. The van der Waals surface area contributed by atoms with E-state index in [2.05, 4.69) is 20.4 Å². The van der Waals surface area contributed by atoms with Gasteiger partial charge in [0.15, 0.2) is 0 Å². The summed E-state index contributed by atoms with van der Waals surface area (Å²) in [5.41, 5.74) is 2.59. The minimum atomic E-state index is -0.0774. The monoisotopic (exact) mass is 444 g/mol. The number of piperidine rings is 1. The normalized spacial score (nSPS) is 17.1. The van der Waals surface area contributed by atoms with Crippen molar-refractivity contribution in [3.8, 4) is 11.4 Å². The van der Waals surface area contributed by atoms with Crippen molar-refractivity contribution in [3.63, 3.8) is 0 Å². The summed E-state index contributed by atoms with van der Waals surface area (Å²) in [7, 11) is 0. The van der Waals surface area contributed by atoms with Gasteiger partial charge < -0.3 is 9.84 Å². The van der Waals surface area contributed by atoms with Gasteiger partial charge in [0, 0.05) is 22.8 Å². The molecule has 0 radical (unpaired) electrons. The smallest absolute Gasteiger partial charge is 0.241 e. The van der Waals surface area contributed by atoms with Crippen LogP contribution in [0.2, 0.25) is 10.0 Å². The Balaban J connectivity index is 1.39. The molecule has 1 aliphatic heterocycles. The highest BCUT2D eigenvalue weighted by molar-refractivity contribution is 6.36. The average Bonchev–Trinajstić information content (AvgIpc) is 3.18. The molecule has 0 spiro atoms. The van der Waals surface area contributed by atoms with Gasteiger partial charge in [-0.05, 0) is 56.1 Å². The first-order chi connectivity index (χ1) is 14.5. The molecule has 3 aromatic rings. The lowest BCUT2D eigenvalue weighted by atomic mass is 9.97. The maximum atomic E-state index is 12.8. The molecule has 2 heterocycles. The second-order valence-corrected chi connectivity index (χ2v) is 8.36. The SMILES string of the molecule is Cc1ccccc1NC(=O)C1CCCN(Cc2nc(-c3ccc(Cl)cc3Cl)no2)C1. The first kappa shape index (κ1) is 20.8. The van der Waals surface area contributed by atoms with Gasteiger partial charge in [-0.1, -0.05) is 46.6 Å². The molecule has 1 aliphatic rings. The standard InChI is InChI=1S/C22H22Cl2N4O2/c1-14-5-2-3-7-19(14)25-22(29)15-6-4-10-28(12-15)13-20-26-21(27-30-20)17-9-8-16(23)11-18(17)24/h2-3,5,7-9,11,15H,4,6,10,12-13H2,1H3,(H,25,29). The van der Waals surface area contributed by atoms with E-state index in [0.29, 0.717) is 40.4 Å². The van der Waals surface area contributed by atoms with Crippen LogP contribution in [0.15, 0.2) is 47.0 Å². The number of hydrogen-bond acceptors (Lipinski definition) is 5. The van der Waals surface area contributed by atoms with Gasteiger partial charge in [0.2, 0.25) is 17.6 Å². The Morgan fingerprint density at radius 1 is 1.27 bits per heavy atom. The summed E-state index contributed by atoms with van der Waals surface area (Å²) in [5.74, 6) is 0.896. The summed E-state index contributed by atoms with van der Waals surface area (Å²) in [5, 5.41) is 8.13. The third-order valence-electron chi connectivity index (χ3n) is 5.28. The molecular weight excluding hydrogens is 423 g/mol. The number of benzene rings is 2. The molecule has 1 N–H and O–H groups in total. The molecule has 0 saturated carbocycles. The number of carbonyl (C=O) groups is 1. The van der Waals surface area contributed by atoms with Gasteiger partial charge >= 0.3 is 0 Å². The zero-order valence-corrected chi connectivity index (χ0v) is 18.1. The van der Waals surface area contributed by atoms with Gasteiger partial charge in [-0.25, -0.2) is 0 Å². The number of aromatic nitrogens is 2. The number of aryl methyl sites for hydroxylation is 1. The quantitative estimate of drug-likeness (QED) is 0.585. The van der Waals surface area contributed by atoms with Crippen molar-refractivity contribution in [1.29, 1.82) is 0 Å². The molecule has 1 fully saturated rings. The minimum Gasteiger partial charge on any atom is -0.338 e. The van der Waals surface area contributed by atoms with Crippen LogP contribution < -0.4 is 5.32 Å². The molecule has 1 saturated heterocycles. The van der Waals surface area contributed by atoms with Gasteiger partial charge in [-0.2, -0.15) is 4.98 Å². The van der Waals surface area contributed by atoms with Crippen molar-refractivity contribution < 1.29 is 9.32 Å². The Kier molecular flexibility index (Phi) is 6.37. The summed E-state index contributed by atoms with van der Waals surface area (Å²) in [6.07, 6.45) is 1.81. The van der Waals surface area contributed by atoms with E-state index >= 15 is 0 Å². The molecule has 0 bridgehead atoms. The van der Waals surface area contributed by atoms with E-state index in [9.17, 15) is 4.79 Å². The van der Waals surface area contributed by atoms with Crippen LogP contribution in [0.1, 0.15) is 24.3 Å². The Hall–Kier alpha value is -2.41. The van der Waals surface area contributed by atoms with E-state index in [-0.39, 0.29) is 11.8 Å². The Bertz CT molecular complexity index is 1050. The maximum absolute atomic E-state index is 12.8. The molecule has 1 aromatic heterocycles. The van der Waals surface area contributed by atoms with Gasteiger partial charge in [0.25, 0.3) is 0 Å². The molecule has 30 heavy (non-hydrogen) atoms. The second kappa shape index (κ2) is 9.16. The minimum absolute atomic E-state index is 0.0492. The van der Waals surface area contributed by atoms with Crippen molar-refractivity contribution in [1.82, 2.24) is 15.0 Å². The third kappa shape index (κ3) is 4.83. The van der Waals surface area contributed by atoms with Crippen LogP contribution in [0.25, 0.3) is 11.4 Å². The van der Waals surface area contributed by atoms with Crippen molar-refractivity contribution in [2.45, 2.75) is 26.3 Å². The van der Waals surface area contributed by atoms with E-state index < -0.39 is 0 Å². The summed E-state index contributed by atoms with van der Waals surface area (Å²) in [4.78, 5) is 19.4. The maximum Gasteiger partial charge on any atom is 0.241 e. The predicted octanol–water partition coefficient (Wildman–Crippen LogP) is 5.20. The van der Waals surface area contributed by atoms with Crippen LogP contribution in [-0.2, 0) is 11.3 Å². The van der Waals surface area contributed by atoms with Crippen molar-refractivity contribution in [2.24, 2.45) is 5.92 Å². The number of para-hydroxylation sites is 1. The van der Waals surface area contributed by atoms with Crippen LogP contribution in [0.5, 0.6) is 0 Å². The number of amides is 1. The van der Waals surface area contributed by atoms with Crippen molar-refractivity contribution in [2.75, 3.05) is 18.4 Å². The van der Waals surface area contributed by atoms with E-state index in [4.69, 9.17) is 27.7 Å². The Labute approximate surface area is 185 Å². The average molecular weight is 445 g/mol. The fraction of sp³-hybridized carbons (Fsp3) is 0.318. The number of halogens is 2. The zero-order valence-electron chi connectivity index (χ0n) is 16.6. The molecule has 1 unspecified atom stereocenters. The Morgan fingerprint density at radius 3 is 2.90 bits per heavy atom. The highest BCUT2D eigenvalue weighted by Gasteiger charge is 2.27. The molecule has 2 aromatic carbocycles. The van der Waals surface area contributed by atoms with Crippen molar-refractivity contribution >= 4 is 34.8 Å². The van der Waals surface area contributed by atoms with Crippen LogP contribution in [0, 0.1) is 12.8 Å². The number of hydrogen-bond donors (Lipinski definition) is 1. The first-order valence-corrected chi connectivity index (χ1v) is 10.6. The topological polar surface area (TPSA) is 71.3 Å². The number of carbonyl (C=O) groups excluding carboxylic acids is 1. The van der Waals surface area contributed by atoms with Crippen LogP contribution >= 0.6 is 23.2 Å². The van der Waals surface area contributed by atoms with Crippen LogP contribution in [0.3, 0.4) is 0 Å². The molecule has 1 amide bonds. The van der Waals surface area contributed by atoms with E-state index in [1.807, 2.05) is 31.2 Å². The lowest BCUT2D eigenvalue weighted by molar-refractivity contribution is -0.121. The molecular formula is C22H22Cl2N4O2. The Morgan fingerprint density at radius 2 is 2.10 bits per heavy atom. The van der Waals surface area contributed by atoms with E-state index in [1.165, 1.54) is 0 Å². The van der Waals surface area contributed by atoms with Gasteiger partial charge in [0.1, 0.15) is 0 Å². The highest BCUT2D eigenvalue weighted by Crippen LogP contribution is 2.29. The van der Waals surface area contributed by atoms with Crippen LogP contribution in [0.4, 0.5) is 5.69 Å². The molecule has 6 nitrogen and oxygen atoms in total. The molecule has 156 valence electrons. The number of rotatable bonds is 5. The largest absolute Gasteiger partial charge is 0.338 e. The van der Waals surface area contributed by atoms with Crippen LogP contribution in [-0.4, -0.2) is 34.0 Å². The third-order valence-corrected chi connectivity index (χ3v) is 5.83. The highest BCUT2D eigenvalue weighted by atomic mass is 35.5. The van der Waals surface area contributed by atoms with E-state index in [0.717, 1.165) is 30.6 Å². The number of anilines is 1. The second-order valence-electron chi connectivity index (χ2n) is 7.51. The van der Waals surface area contributed by atoms with Gasteiger partial charge in [-0.3, -0.25) is 9.69 Å². The summed E-state index contributed by atoms with van der Waals surface area (Å²) in [6, 6.07) is 13.0. The lowest BCUT2D eigenvalue weighted by Gasteiger charge is -2.31. The number of likely N-dealkylation sites (tertiary alicyclic amines) is 1. The summed E-state index contributed by atoms with van der Waals surface area (Å²) in [6.45, 7) is 4.01. The van der Waals surface area contributed by atoms with E-state index in [1.54, 1.807) is 18.2 Å². The molecule has 4 rings (SSSR count). The first-order valence-electron chi connectivity index (χ1n) is 9.86. The number of nitrogens with one attached hydrogen (secondary N) is 1. The van der Waals surface area contributed by atoms with Gasteiger partial charge in [-0.15, -0.1) is 0 Å². The molecule has 0 aliphatic carbocycles. The summed E-state index contributed by atoms with van der Waals surface area (Å²) >= 11 is 12.2. The van der Waals surface area contributed by atoms with Gasteiger partial charge in [0.05, 0.1) is 17.5 Å². The lowest BCUT2D eigenvalue weighted by Crippen LogP contribution is -2.40.